The van der Waals surface area contributed by atoms with Crippen molar-refractivity contribution in [2.75, 3.05) is 5.32 Å². The van der Waals surface area contributed by atoms with Crippen LogP contribution < -0.4 is 11.1 Å². The molecule has 2 aromatic carbocycles. The van der Waals surface area contributed by atoms with Crippen LogP contribution in [0.3, 0.4) is 0 Å². The number of nitrogens with one attached hydrogen (secondary N) is 1. The minimum atomic E-state index is -0.446. The average Bonchev–Trinajstić information content (AvgIpc) is 3.12. The van der Waals surface area contributed by atoms with Crippen LogP contribution in [0, 0.1) is 6.92 Å². The van der Waals surface area contributed by atoms with Crippen molar-refractivity contribution in [3.05, 3.63) is 70.7 Å². The first-order chi connectivity index (χ1) is 13.1. The van der Waals surface area contributed by atoms with Crippen molar-refractivity contribution in [1.82, 2.24) is 15.2 Å². The Morgan fingerprint density at radius 2 is 1.89 bits per heavy atom. The highest BCUT2D eigenvalue weighted by atomic mass is 32.1. The molecule has 6 nitrogen and oxygen atoms in total. The van der Waals surface area contributed by atoms with E-state index < -0.39 is 5.91 Å². The van der Waals surface area contributed by atoms with Gasteiger partial charge in [-0.25, -0.2) is 4.98 Å². The molecular formula is C20H17N5OS. The molecule has 0 bridgehead atoms. The summed E-state index contributed by atoms with van der Waals surface area (Å²) >= 11 is 1.48. The van der Waals surface area contributed by atoms with Gasteiger partial charge in [0.1, 0.15) is 5.69 Å². The van der Waals surface area contributed by atoms with E-state index in [9.17, 15) is 4.79 Å². The SMILES string of the molecule is Cc1nnc(-c2scc3c(C(N)=O)cccc23)nc1NCc1ccccc1. The minimum Gasteiger partial charge on any atom is -0.366 e. The van der Waals surface area contributed by atoms with Crippen molar-refractivity contribution >= 4 is 33.8 Å². The Morgan fingerprint density at radius 3 is 2.67 bits per heavy atom. The molecule has 2 heterocycles. The van der Waals surface area contributed by atoms with Crippen molar-refractivity contribution in [2.45, 2.75) is 13.5 Å². The van der Waals surface area contributed by atoms with Gasteiger partial charge in [-0.3, -0.25) is 4.79 Å². The summed E-state index contributed by atoms with van der Waals surface area (Å²) in [6.45, 7) is 2.52. The van der Waals surface area contributed by atoms with Gasteiger partial charge in [0.15, 0.2) is 11.6 Å². The number of nitrogens with zero attached hydrogens (tertiary/aromatic N) is 3. The van der Waals surface area contributed by atoms with E-state index in [0.717, 1.165) is 26.9 Å². The number of hydrogen-bond acceptors (Lipinski definition) is 6. The molecule has 0 aliphatic carbocycles. The zero-order valence-electron chi connectivity index (χ0n) is 14.6. The fraction of sp³-hybridized carbons (Fsp3) is 0.100. The maximum absolute atomic E-state index is 11.7. The molecule has 0 atom stereocenters. The molecule has 0 aliphatic rings. The number of amides is 1. The van der Waals surface area contributed by atoms with E-state index >= 15 is 0 Å². The van der Waals surface area contributed by atoms with Gasteiger partial charge in [0.25, 0.3) is 0 Å². The largest absolute Gasteiger partial charge is 0.366 e. The van der Waals surface area contributed by atoms with Crippen LogP contribution in [0.4, 0.5) is 5.82 Å². The smallest absolute Gasteiger partial charge is 0.249 e. The molecule has 3 N–H and O–H groups in total. The highest BCUT2D eigenvalue weighted by Gasteiger charge is 2.16. The molecule has 0 spiro atoms. The first-order valence-electron chi connectivity index (χ1n) is 8.43. The number of carbonyl (C=O) groups is 1. The van der Waals surface area contributed by atoms with E-state index in [2.05, 4.69) is 32.6 Å². The second-order valence-electron chi connectivity index (χ2n) is 6.10. The molecule has 27 heavy (non-hydrogen) atoms. The Kier molecular flexibility index (Phi) is 4.52. The van der Waals surface area contributed by atoms with Gasteiger partial charge in [0.2, 0.25) is 5.91 Å². The van der Waals surface area contributed by atoms with Gasteiger partial charge in [-0.2, -0.15) is 0 Å². The summed E-state index contributed by atoms with van der Waals surface area (Å²) in [6, 6.07) is 15.6. The number of fused-ring (bicyclic) bond motifs is 1. The maximum Gasteiger partial charge on any atom is 0.249 e. The molecule has 0 aliphatic heterocycles. The third-order valence-corrected chi connectivity index (χ3v) is 5.26. The van der Waals surface area contributed by atoms with E-state index in [0.29, 0.717) is 23.8 Å². The molecule has 0 radical (unpaired) electrons. The molecular weight excluding hydrogens is 358 g/mol. The van der Waals surface area contributed by atoms with Gasteiger partial charge in [-0.1, -0.05) is 42.5 Å². The number of thiophene rings is 1. The Labute approximate surface area is 160 Å². The van der Waals surface area contributed by atoms with Crippen LogP contribution in [-0.4, -0.2) is 21.1 Å². The Morgan fingerprint density at radius 1 is 1.07 bits per heavy atom. The van der Waals surface area contributed by atoms with Crippen molar-refractivity contribution in [3.8, 4) is 10.7 Å². The molecule has 2 aromatic heterocycles. The lowest BCUT2D eigenvalue weighted by atomic mass is 10.1. The number of rotatable bonds is 5. The molecule has 4 rings (SSSR count). The van der Waals surface area contributed by atoms with Gasteiger partial charge in [0.05, 0.1) is 4.88 Å². The summed E-state index contributed by atoms with van der Waals surface area (Å²) in [5, 5.41) is 15.5. The molecule has 4 aromatic rings. The number of benzene rings is 2. The molecule has 0 unspecified atom stereocenters. The molecule has 0 saturated heterocycles. The quantitative estimate of drug-likeness (QED) is 0.554. The van der Waals surface area contributed by atoms with Gasteiger partial charge >= 0.3 is 0 Å². The van der Waals surface area contributed by atoms with Crippen molar-refractivity contribution in [1.29, 1.82) is 0 Å². The molecule has 1 amide bonds. The number of primary amides is 1. The van der Waals surface area contributed by atoms with Crippen LogP contribution in [0.1, 0.15) is 21.6 Å². The van der Waals surface area contributed by atoms with Crippen molar-refractivity contribution < 1.29 is 4.79 Å². The van der Waals surface area contributed by atoms with Crippen LogP contribution >= 0.6 is 11.3 Å². The number of aryl methyl sites for hydroxylation is 1. The Balaban J connectivity index is 1.70. The maximum atomic E-state index is 11.7. The van der Waals surface area contributed by atoms with Crippen LogP contribution in [-0.2, 0) is 6.54 Å². The summed E-state index contributed by atoms with van der Waals surface area (Å²) in [6.07, 6.45) is 0. The second kappa shape index (κ2) is 7.13. The van der Waals surface area contributed by atoms with E-state index in [4.69, 9.17) is 5.73 Å². The summed E-state index contributed by atoms with van der Waals surface area (Å²) in [4.78, 5) is 17.2. The molecule has 7 heteroatoms. The standard InChI is InChI=1S/C20H17N5OS/c1-12-19(22-10-13-6-3-2-4-7-13)23-20(25-24-12)17-14-8-5-9-15(18(21)26)16(14)11-27-17/h2-9,11H,10H2,1H3,(H2,21,26)(H,22,23,25). The fourth-order valence-electron chi connectivity index (χ4n) is 2.88. The Bertz CT molecular complexity index is 1120. The van der Waals surface area contributed by atoms with Gasteiger partial charge in [-0.15, -0.1) is 21.5 Å². The fourth-order valence-corrected chi connectivity index (χ4v) is 3.87. The summed E-state index contributed by atoms with van der Waals surface area (Å²) < 4.78 is 0. The predicted molar refractivity (Wildman–Crippen MR) is 108 cm³/mol. The lowest BCUT2D eigenvalue weighted by Crippen LogP contribution is -2.10. The summed E-state index contributed by atoms with van der Waals surface area (Å²) in [5.41, 5.74) is 7.86. The average molecular weight is 375 g/mol. The van der Waals surface area contributed by atoms with Crippen molar-refractivity contribution in [3.63, 3.8) is 0 Å². The van der Waals surface area contributed by atoms with Crippen LogP contribution in [0.2, 0.25) is 0 Å². The summed E-state index contributed by atoms with van der Waals surface area (Å²) in [7, 11) is 0. The van der Waals surface area contributed by atoms with Crippen LogP contribution in [0.15, 0.2) is 53.9 Å². The highest BCUT2D eigenvalue weighted by Crippen LogP contribution is 2.35. The summed E-state index contributed by atoms with van der Waals surface area (Å²) in [5.74, 6) is 0.771. The topological polar surface area (TPSA) is 93.8 Å². The third kappa shape index (κ3) is 3.37. The normalized spacial score (nSPS) is 10.9. The number of aromatic nitrogens is 3. The van der Waals surface area contributed by atoms with Crippen molar-refractivity contribution in [2.24, 2.45) is 5.73 Å². The first kappa shape index (κ1) is 17.1. The van der Waals surface area contributed by atoms with E-state index in [-0.39, 0.29) is 0 Å². The van der Waals surface area contributed by atoms with Crippen LogP contribution in [0.5, 0.6) is 0 Å². The van der Waals surface area contributed by atoms with Gasteiger partial charge in [0, 0.05) is 28.3 Å². The predicted octanol–water partition coefficient (Wildman–Crippen LogP) is 3.77. The van der Waals surface area contributed by atoms with E-state index in [1.54, 1.807) is 6.07 Å². The number of carbonyl (C=O) groups excluding carboxylic acids is 1. The Hall–Kier alpha value is -3.32. The lowest BCUT2D eigenvalue weighted by molar-refractivity contribution is 0.100. The second-order valence-corrected chi connectivity index (χ2v) is 6.98. The van der Waals surface area contributed by atoms with Crippen LogP contribution in [0.25, 0.3) is 21.5 Å². The lowest BCUT2D eigenvalue weighted by Gasteiger charge is -2.09. The zero-order chi connectivity index (χ0) is 18.8. The molecule has 0 saturated carbocycles. The number of anilines is 1. The zero-order valence-corrected chi connectivity index (χ0v) is 15.5. The highest BCUT2D eigenvalue weighted by molar-refractivity contribution is 7.15. The monoisotopic (exact) mass is 375 g/mol. The molecule has 0 fully saturated rings. The number of hydrogen-bond donors (Lipinski definition) is 2. The minimum absolute atomic E-state index is 0.446. The number of nitrogens with two attached hydrogens (primary N) is 1. The third-order valence-electron chi connectivity index (χ3n) is 4.27. The van der Waals surface area contributed by atoms with Gasteiger partial charge in [-0.05, 0) is 18.6 Å². The van der Waals surface area contributed by atoms with E-state index in [1.165, 1.54) is 11.3 Å². The van der Waals surface area contributed by atoms with Gasteiger partial charge < -0.3 is 11.1 Å². The van der Waals surface area contributed by atoms with E-state index in [1.807, 2.05) is 42.6 Å². The first-order valence-corrected chi connectivity index (χ1v) is 9.31. The molecule has 134 valence electrons.